The molecule has 1 spiro atoms. The largest absolute Gasteiger partial charge is 0.857 e. The number of phenolic OH excluding ortho intramolecular Hbond substituents is 1. The van der Waals surface area contributed by atoms with E-state index in [4.69, 9.17) is 19.6 Å². The minimum absolute atomic E-state index is 0.0459. The minimum Gasteiger partial charge on any atom is -0.857 e. The minimum atomic E-state index is -1.78. The number of phenols is 1. The van der Waals surface area contributed by atoms with Crippen LogP contribution in [0.1, 0.15) is 87.4 Å². The van der Waals surface area contributed by atoms with Crippen molar-refractivity contribution in [3.05, 3.63) is 88.0 Å². The van der Waals surface area contributed by atoms with Crippen LogP contribution in [0.3, 0.4) is 0 Å². The van der Waals surface area contributed by atoms with Crippen molar-refractivity contribution in [3.8, 4) is 11.5 Å². The summed E-state index contributed by atoms with van der Waals surface area (Å²) in [4.78, 5) is 41.0. The molecule has 4 heterocycles. The summed E-state index contributed by atoms with van der Waals surface area (Å²) in [7, 11) is 0. The molecule has 6 aliphatic rings. The standard InChI is InChI=1S/C39H37N5O10/c40-38-42-35-26(36(51)43-38)41-17-44(35)24-11-5-4-8-19(24)18-12-15-52-39(13-6-1-7-14-39)34-31(49)30(48)32(50)37(54-34)53-33-22(18)16-23-25(29(33)47)28(46)21-10-3-2-9-20(21)27(23)45/h2-5,8-11,16,18,30-32,34,37,47-50H,1,6-7,12-15,17H2,(H2,40,43,51). The molecule has 6 N–H and O–H groups in total. The number of para-hydroxylation sites is 1. The van der Waals surface area contributed by atoms with Gasteiger partial charge in [-0.1, -0.05) is 61.7 Å². The number of benzene rings is 3. The first kappa shape index (κ1) is 34.6. The van der Waals surface area contributed by atoms with Gasteiger partial charge < -0.3 is 39.7 Å². The van der Waals surface area contributed by atoms with Gasteiger partial charge in [0.05, 0.1) is 11.2 Å². The van der Waals surface area contributed by atoms with Gasteiger partial charge in [-0.15, -0.1) is 0 Å². The van der Waals surface area contributed by atoms with E-state index < -0.39 is 71.4 Å². The van der Waals surface area contributed by atoms with Crippen molar-refractivity contribution in [2.24, 2.45) is 15.0 Å². The smallest absolute Gasteiger partial charge is 0.262 e. The molecule has 3 aromatic rings. The molecule has 0 amide bonds. The van der Waals surface area contributed by atoms with Crippen LogP contribution in [-0.4, -0.2) is 105 Å². The summed E-state index contributed by atoms with van der Waals surface area (Å²) >= 11 is 0. The lowest BCUT2D eigenvalue weighted by Crippen LogP contribution is -3.09. The monoisotopic (exact) mass is 735 g/mol. The molecule has 7 unspecified atom stereocenters. The van der Waals surface area contributed by atoms with E-state index in [2.05, 4.69) is 15.0 Å². The summed E-state index contributed by atoms with van der Waals surface area (Å²) in [6.07, 6.45) is -4.06. The maximum atomic E-state index is 14.1. The van der Waals surface area contributed by atoms with Gasteiger partial charge in [0.1, 0.15) is 30.1 Å². The van der Waals surface area contributed by atoms with Gasteiger partial charge in [0.15, 0.2) is 35.4 Å². The number of carbonyl (C=O) groups excluding carboxylic acids is 2. The lowest BCUT2D eigenvalue weighted by molar-refractivity contribution is -0.723. The summed E-state index contributed by atoms with van der Waals surface area (Å²) in [5, 5.41) is 66.8. The number of hydrogen-bond acceptors (Lipinski definition) is 12. The lowest BCUT2D eigenvalue weighted by Gasteiger charge is -2.50. The molecule has 4 aliphatic heterocycles. The number of hydrogen-bond donors (Lipinski definition) is 6. The van der Waals surface area contributed by atoms with Gasteiger partial charge in [-0.05, 0) is 31.4 Å². The summed E-state index contributed by atoms with van der Waals surface area (Å²) in [5.41, 5.74) is 0.500. The van der Waals surface area contributed by atoms with E-state index in [1.807, 2.05) is 18.2 Å². The van der Waals surface area contributed by atoms with Crippen LogP contribution in [0, 0.1) is 5.41 Å². The first-order valence-electron chi connectivity index (χ1n) is 18.1. The Morgan fingerprint density at radius 2 is 1.59 bits per heavy atom. The second-order valence-corrected chi connectivity index (χ2v) is 14.5. The van der Waals surface area contributed by atoms with Crippen LogP contribution in [-0.2, 0) is 9.47 Å². The van der Waals surface area contributed by atoms with Gasteiger partial charge in [0.2, 0.25) is 12.2 Å². The van der Waals surface area contributed by atoms with Crippen LogP contribution in [0.2, 0.25) is 0 Å². The van der Waals surface area contributed by atoms with Crippen LogP contribution in [0.4, 0.5) is 5.69 Å². The highest BCUT2D eigenvalue weighted by molar-refractivity contribution is 6.66. The summed E-state index contributed by atoms with van der Waals surface area (Å²) < 4.78 is 19.5. The van der Waals surface area contributed by atoms with Gasteiger partial charge in [-0.2, -0.15) is 4.99 Å². The second-order valence-electron chi connectivity index (χ2n) is 14.5. The topological polar surface area (TPSA) is 231 Å². The van der Waals surface area contributed by atoms with E-state index in [0.29, 0.717) is 29.0 Å². The second kappa shape index (κ2) is 13.0. The van der Waals surface area contributed by atoms with Crippen molar-refractivity contribution in [2.45, 2.75) is 80.7 Å². The molecule has 9 rings (SSSR count). The van der Waals surface area contributed by atoms with E-state index in [9.17, 15) is 35.1 Å². The Kier molecular flexibility index (Phi) is 8.33. The molecule has 2 fully saturated rings. The van der Waals surface area contributed by atoms with E-state index >= 15 is 0 Å². The number of aliphatic hydroxyl groups excluding tert-OH is 3. The predicted octanol–water partition coefficient (Wildman–Crippen LogP) is 0.643. The summed E-state index contributed by atoms with van der Waals surface area (Å²) in [5.74, 6) is -3.58. The Morgan fingerprint density at radius 3 is 2.37 bits per heavy atom. The number of quaternary nitrogens is 1. The Balaban J connectivity index is 1.25. The molecule has 0 aromatic heterocycles. The molecule has 3 aromatic carbocycles. The Bertz CT molecular complexity index is 2210. The molecular formula is C39H37N5O10. The maximum Gasteiger partial charge on any atom is 0.262 e. The van der Waals surface area contributed by atoms with Crippen molar-refractivity contribution in [2.75, 3.05) is 13.3 Å². The third kappa shape index (κ3) is 5.26. The number of aliphatic hydroxyl groups is 3. The normalized spacial score (nSPS) is 30.1. The molecule has 0 radical (unpaired) electrons. The number of ether oxygens (including phenoxy) is 3. The Labute approximate surface area is 308 Å². The zero-order valence-corrected chi connectivity index (χ0v) is 28.9. The van der Waals surface area contributed by atoms with Crippen LogP contribution in [0.5, 0.6) is 11.5 Å². The molecule has 1 saturated carbocycles. The fourth-order valence-electron chi connectivity index (χ4n) is 8.95. The number of carbonyl (C=O) groups is 2. The number of ketones is 2. The summed E-state index contributed by atoms with van der Waals surface area (Å²) in [6.45, 7) is 0.163. The molecule has 54 heavy (non-hydrogen) atoms. The van der Waals surface area contributed by atoms with Gasteiger partial charge in [0.25, 0.3) is 5.84 Å². The van der Waals surface area contributed by atoms with Crippen LogP contribution in [0.25, 0.3) is 0 Å². The first-order valence-corrected chi connectivity index (χ1v) is 18.1. The number of fused-ring (bicyclic) bond motifs is 7. The Hall–Kier alpha value is -5.16. The molecule has 278 valence electrons. The molecule has 2 bridgehead atoms. The van der Waals surface area contributed by atoms with Crippen molar-refractivity contribution in [1.82, 2.24) is 0 Å². The third-order valence-corrected chi connectivity index (χ3v) is 11.6. The van der Waals surface area contributed by atoms with Crippen molar-refractivity contribution < 1.29 is 54.2 Å². The van der Waals surface area contributed by atoms with Gasteiger partial charge in [-0.25, -0.2) is 14.9 Å². The van der Waals surface area contributed by atoms with Crippen LogP contribution < -0.4 is 14.7 Å². The molecule has 15 nitrogen and oxygen atoms in total. The highest BCUT2D eigenvalue weighted by Crippen LogP contribution is 2.50. The van der Waals surface area contributed by atoms with Gasteiger partial charge in [-0.3, -0.25) is 15.0 Å². The van der Waals surface area contributed by atoms with Crippen LogP contribution >= 0.6 is 0 Å². The highest BCUT2D eigenvalue weighted by Gasteiger charge is 2.55. The fourth-order valence-corrected chi connectivity index (χ4v) is 8.95. The molecule has 15 heteroatoms. The number of rotatable bonds is 2. The van der Waals surface area contributed by atoms with Gasteiger partial charge in [0, 0.05) is 46.2 Å². The van der Waals surface area contributed by atoms with E-state index in [-0.39, 0.29) is 64.8 Å². The van der Waals surface area contributed by atoms with E-state index in [0.717, 1.165) is 19.3 Å². The third-order valence-electron chi connectivity index (χ3n) is 11.6. The zero-order valence-electron chi connectivity index (χ0n) is 28.9. The number of aromatic hydroxyl groups is 1. The summed E-state index contributed by atoms with van der Waals surface area (Å²) in [6, 6.07) is 15.1. The number of nitrogens with zero attached hydrogens (tertiary/aromatic N) is 3. The van der Waals surface area contributed by atoms with Gasteiger partial charge >= 0.3 is 0 Å². The average Bonchev–Trinajstić information content (AvgIpc) is 3.60. The SMILES string of the molecule is N=C1N=C([O-])C2=NC[NH+](c3ccccc3C3CCOC4(CCCCC4)C4OC(Oc5c3cc3c(c5O)C(=O)c5ccccc5C3=O)C(O)C(O)C4O)C2=N1. The van der Waals surface area contributed by atoms with Crippen molar-refractivity contribution in [3.63, 3.8) is 0 Å². The van der Waals surface area contributed by atoms with Crippen molar-refractivity contribution in [1.29, 1.82) is 5.41 Å². The lowest BCUT2D eigenvalue weighted by atomic mass is 9.76. The molecular weight excluding hydrogens is 698 g/mol. The average molecular weight is 736 g/mol. The van der Waals surface area contributed by atoms with Crippen LogP contribution in [0.15, 0.2) is 69.6 Å². The molecule has 7 atom stereocenters. The predicted molar refractivity (Wildman–Crippen MR) is 189 cm³/mol. The first-order chi connectivity index (χ1) is 26.1. The highest BCUT2D eigenvalue weighted by atomic mass is 16.7. The quantitative estimate of drug-likeness (QED) is 0.168. The number of nitrogens with one attached hydrogen (secondary N) is 2. The fraction of sp³-hybridized carbons (Fsp3) is 0.385. The molecule has 1 saturated heterocycles. The zero-order chi connectivity index (χ0) is 37.5. The van der Waals surface area contributed by atoms with Crippen molar-refractivity contribution >= 4 is 40.7 Å². The molecule has 2 aliphatic carbocycles. The Morgan fingerprint density at radius 1 is 0.870 bits per heavy atom. The number of guanidine groups is 1. The number of aliphatic imine (C=N–C) groups is 3. The number of amidine groups is 1. The van der Waals surface area contributed by atoms with E-state index in [1.54, 1.807) is 24.3 Å². The maximum absolute atomic E-state index is 14.1. The van der Waals surface area contributed by atoms with E-state index in [1.165, 1.54) is 12.1 Å².